The van der Waals surface area contributed by atoms with Crippen LogP contribution in [0.4, 0.5) is 10.5 Å². The maximum Gasteiger partial charge on any atom is 0.414 e. The van der Waals surface area contributed by atoms with Gasteiger partial charge < -0.3 is 14.9 Å². The number of aromatic nitrogens is 2. The molecule has 2 amide bonds. The van der Waals surface area contributed by atoms with Gasteiger partial charge in [-0.05, 0) is 24.3 Å². The maximum absolute atomic E-state index is 12.2. The molecule has 1 saturated heterocycles. The molecule has 0 spiro atoms. The van der Waals surface area contributed by atoms with Gasteiger partial charge in [0.25, 0.3) is 11.4 Å². The van der Waals surface area contributed by atoms with Gasteiger partial charge in [0.2, 0.25) is 0 Å². The van der Waals surface area contributed by atoms with Crippen molar-refractivity contribution in [2.24, 2.45) is 0 Å². The molecule has 1 aliphatic heterocycles. The van der Waals surface area contributed by atoms with E-state index in [0.29, 0.717) is 12.2 Å². The van der Waals surface area contributed by atoms with E-state index in [0.717, 1.165) is 18.4 Å². The SMILES string of the molecule is [C-]#[N+]C1(c2ccc(N3CC(CNC(=O)c4cnccn4)OC3=O)cc2)CC1. The van der Waals surface area contributed by atoms with E-state index in [-0.39, 0.29) is 23.7 Å². The fraction of sp³-hybridized carbons (Fsp3) is 0.316. The second-order valence-corrected chi connectivity index (χ2v) is 6.61. The quantitative estimate of drug-likeness (QED) is 0.822. The van der Waals surface area contributed by atoms with Crippen LogP contribution in [0, 0.1) is 6.57 Å². The molecule has 1 aromatic heterocycles. The van der Waals surface area contributed by atoms with E-state index in [1.807, 2.05) is 24.3 Å². The highest BCUT2D eigenvalue weighted by atomic mass is 16.6. The number of carbonyl (C=O) groups excluding carboxylic acids is 2. The molecule has 1 saturated carbocycles. The normalized spacial score (nSPS) is 19.9. The van der Waals surface area contributed by atoms with Crippen LogP contribution < -0.4 is 10.2 Å². The molecule has 4 rings (SSSR count). The Labute approximate surface area is 156 Å². The Morgan fingerprint density at radius 1 is 1.33 bits per heavy atom. The van der Waals surface area contributed by atoms with Gasteiger partial charge in [0, 0.05) is 36.5 Å². The van der Waals surface area contributed by atoms with Crippen LogP contribution in [0.5, 0.6) is 0 Å². The third-order valence-corrected chi connectivity index (χ3v) is 4.81. The predicted octanol–water partition coefficient (Wildman–Crippen LogP) is 2.14. The van der Waals surface area contributed by atoms with Crippen molar-refractivity contribution in [3.8, 4) is 0 Å². The third-order valence-electron chi connectivity index (χ3n) is 4.81. The molecule has 1 unspecified atom stereocenters. The fourth-order valence-corrected chi connectivity index (χ4v) is 3.09. The van der Waals surface area contributed by atoms with E-state index >= 15 is 0 Å². The Morgan fingerprint density at radius 2 is 2.11 bits per heavy atom. The first kappa shape index (κ1) is 17.0. The molecule has 27 heavy (non-hydrogen) atoms. The summed E-state index contributed by atoms with van der Waals surface area (Å²) in [6.45, 7) is 7.86. The first-order chi connectivity index (χ1) is 13.1. The monoisotopic (exact) mass is 363 g/mol. The van der Waals surface area contributed by atoms with E-state index in [4.69, 9.17) is 11.3 Å². The van der Waals surface area contributed by atoms with Crippen molar-refractivity contribution in [2.75, 3.05) is 18.0 Å². The van der Waals surface area contributed by atoms with E-state index in [1.54, 1.807) is 0 Å². The summed E-state index contributed by atoms with van der Waals surface area (Å²) >= 11 is 0. The van der Waals surface area contributed by atoms with E-state index in [9.17, 15) is 9.59 Å². The van der Waals surface area contributed by atoms with Crippen LogP contribution in [0.2, 0.25) is 0 Å². The van der Waals surface area contributed by atoms with Crippen molar-refractivity contribution in [3.63, 3.8) is 0 Å². The number of hydrogen-bond donors (Lipinski definition) is 1. The summed E-state index contributed by atoms with van der Waals surface area (Å²) in [6, 6.07) is 7.47. The number of nitrogens with zero attached hydrogens (tertiary/aromatic N) is 4. The predicted molar refractivity (Wildman–Crippen MR) is 95.9 cm³/mol. The number of ether oxygens (including phenoxy) is 1. The number of hydrogen-bond acceptors (Lipinski definition) is 5. The van der Waals surface area contributed by atoms with Gasteiger partial charge in [-0.25, -0.2) is 16.4 Å². The molecular formula is C19H17N5O3. The molecule has 1 N–H and O–H groups in total. The standard InChI is InChI=1S/C19H17N5O3/c1-20-19(6-7-19)13-2-4-14(5-3-13)24-12-15(27-18(24)26)10-23-17(25)16-11-21-8-9-22-16/h2-5,8-9,11,15H,6-7,10,12H2,(H,23,25). The van der Waals surface area contributed by atoms with E-state index in [1.165, 1.54) is 23.5 Å². The Bertz CT molecular complexity index is 903. The van der Waals surface area contributed by atoms with Crippen LogP contribution in [0.25, 0.3) is 4.85 Å². The number of carbonyl (C=O) groups is 2. The van der Waals surface area contributed by atoms with Crippen LogP contribution >= 0.6 is 0 Å². The first-order valence-corrected chi connectivity index (χ1v) is 8.63. The summed E-state index contributed by atoms with van der Waals surface area (Å²) in [5, 5.41) is 2.70. The molecule has 1 atom stereocenters. The molecule has 2 fully saturated rings. The smallest absolute Gasteiger partial charge is 0.414 e. The zero-order chi connectivity index (χ0) is 18.9. The molecule has 2 aliphatic rings. The van der Waals surface area contributed by atoms with E-state index < -0.39 is 12.2 Å². The minimum absolute atomic E-state index is 0.191. The number of anilines is 1. The van der Waals surface area contributed by atoms with Crippen LogP contribution in [0.1, 0.15) is 28.9 Å². The Hall–Kier alpha value is -3.47. The minimum atomic E-state index is -0.451. The fourth-order valence-electron chi connectivity index (χ4n) is 3.09. The number of amides is 2. The summed E-state index contributed by atoms with van der Waals surface area (Å²) in [4.78, 5) is 37.2. The van der Waals surface area contributed by atoms with Crippen molar-refractivity contribution >= 4 is 17.7 Å². The lowest BCUT2D eigenvalue weighted by atomic mass is 10.1. The lowest BCUT2D eigenvalue weighted by molar-refractivity contribution is 0.0911. The summed E-state index contributed by atoms with van der Waals surface area (Å²) in [5.41, 5.74) is 1.55. The zero-order valence-corrected chi connectivity index (χ0v) is 14.5. The van der Waals surface area contributed by atoms with Crippen molar-refractivity contribution in [1.82, 2.24) is 15.3 Å². The molecule has 1 aromatic carbocycles. The molecule has 2 aromatic rings. The van der Waals surface area contributed by atoms with Gasteiger partial charge in [0.1, 0.15) is 11.8 Å². The summed E-state index contributed by atoms with van der Waals surface area (Å²) in [7, 11) is 0. The van der Waals surface area contributed by atoms with Crippen LogP contribution in [0.3, 0.4) is 0 Å². The van der Waals surface area contributed by atoms with Gasteiger partial charge in [-0.2, -0.15) is 0 Å². The topological polar surface area (TPSA) is 88.8 Å². The molecule has 136 valence electrons. The van der Waals surface area contributed by atoms with Crippen LogP contribution in [-0.2, 0) is 10.3 Å². The number of cyclic esters (lactones) is 1. The van der Waals surface area contributed by atoms with Crippen LogP contribution in [0.15, 0.2) is 42.9 Å². The zero-order valence-electron chi connectivity index (χ0n) is 14.5. The highest BCUT2D eigenvalue weighted by molar-refractivity contribution is 5.92. The molecule has 8 heteroatoms. The number of nitrogens with one attached hydrogen (secondary N) is 1. The minimum Gasteiger partial charge on any atom is -0.442 e. The second kappa shape index (κ2) is 6.68. The number of benzene rings is 1. The average molecular weight is 363 g/mol. The first-order valence-electron chi connectivity index (χ1n) is 8.63. The van der Waals surface area contributed by atoms with Crippen LogP contribution in [-0.4, -0.2) is 41.2 Å². The average Bonchev–Trinajstić information content (AvgIpc) is 3.43. The van der Waals surface area contributed by atoms with Gasteiger partial charge >= 0.3 is 6.09 Å². The van der Waals surface area contributed by atoms with Gasteiger partial charge in [-0.3, -0.25) is 14.7 Å². The Morgan fingerprint density at radius 3 is 2.74 bits per heavy atom. The summed E-state index contributed by atoms with van der Waals surface area (Å²) in [6.07, 6.45) is 5.17. The van der Waals surface area contributed by atoms with Gasteiger partial charge in [0.15, 0.2) is 0 Å². The maximum atomic E-state index is 12.2. The number of rotatable bonds is 5. The molecular weight excluding hydrogens is 346 g/mol. The molecule has 0 radical (unpaired) electrons. The lowest BCUT2D eigenvalue weighted by Gasteiger charge is -2.14. The van der Waals surface area contributed by atoms with Gasteiger partial charge in [-0.15, -0.1) is 0 Å². The van der Waals surface area contributed by atoms with Crippen molar-refractivity contribution in [1.29, 1.82) is 0 Å². The third kappa shape index (κ3) is 3.31. The highest BCUT2D eigenvalue weighted by Gasteiger charge is 2.52. The summed E-state index contributed by atoms with van der Waals surface area (Å²) in [5.74, 6) is -0.365. The molecule has 0 bridgehead atoms. The van der Waals surface area contributed by atoms with E-state index in [2.05, 4.69) is 20.1 Å². The van der Waals surface area contributed by atoms with Crippen molar-refractivity contribution < 1.29 is 14.3 Å². The Kier molecular flexibility index (Phi) is 4.20. The van der Waals surface area contributed by atoms with Crippen molar-refractivity contribution in [2.45, 2.75) is 24.5 Å². The van der Waals surface area contributed by atoms with Gasteiger partial charge in [0.05, 0.1) is 19.3 Å². The second-order valence-electron chi connectivity index (χ2n) is 6.61. The highest BCUT2D eigenvalue weighted by Crippen LogP contribution is 2.49. The van der Waals surface area contributed by atoms with Gasteiger partial charge in [-0.1, -0.05) is 0 Å². The summed E-state index contributed by atoms with van der Waals surface area (Å²) < 4.78 is 5.33. The molecule has 2 heterocycles. The molecule has 8 nitrogen and oxygen atoms in total. The lowest BCUT2D eigenvalue weighted by Crippen LogP contribution is -2.35. The Balaban J connectivity index is 1.36. The van der Waals surface area contributed by atoms with Crippen molar-refractivity contribution in [3.05, 3.63) is 65.5 Å². The largest absolute Gasteiger partial charge is 0.442 e. The molecule has 1 aliphatic carbocycles.